The van der Waals surface area contributed by atoms with Gasteiger partial charge in [-0.3, -0.25) is 10.1 Å². The highest BCUT2D eigenvalue weighted by Crippen LogP contribution is 2.31. The van der Waals surface area contributed by atoms with Crippen molar-refractivity contribution in [2.24, 2.45) is 11.7 Å². The molecule has 0 aliphatic rings. The van der Waals surface area contributed by atoms with Gasteiger partial charge in [0.1, 0.15) is 0 Å². The van der Waals surface area contributed by atoms with Crippen molar-refractivity contribution >= 4 is 5.69 Å². The minimum atomic E-state index is -0.477. The molecular formula is C11H16N2O4. The Hall–Kier alpha value is -1.82. The van der Waals surface area contributed by atoms with Crippen molar-refractivity contribution in [2.45, 2.75) is 6.92 Å². The monoisotopic (exact) mass is 240 g/mol. The number of ether oxygens (including phenoxy) is 2. The predicted molar refractivity (Wildman–Crippen MR) is 63.4 cm³/mol. The largest absolute Gasteiger partial charge is 0.493 e. The van der Waals surface area contributed by atoms with Crippen LogP contribution in [-0.2, 0) is 0 Å². The Kier molecular flexibility index (Phi) is 4.71. The van der Waals surface area contributed by atoms with Crippen LogP contribution in [0.1, 0.15) is 6.92 Å². The van der Waals surface area contributed by atoms with E-state index in [2.05, 4.69) is 0 Å². The number of nitrogens with two attached hydrogens (primary N) is 1. The van der Waals surface area contributed by atoms with Gasteiger partial charge in [0, 0.05) is 12.0 Å². The van der Waals surface area contributed by atoms with Gasteiger partial charge in [0.15, 0.2) is 11.5 Å². The topological polar surface area (TPSA) is 87.6 Å². The number of nitrogens with zero attached hydrogens (tertiary/aromatic N) is 1. The second-order valence-corrected chi connectivity index (χ2v) is 3.74. The molecule has 0 aliphatic heterocycles. The van der Waals surface area contributed by atoms with Gasteiger partial charge in [-0.2, -0.15) is 0 Å². The first kappa shape index (κ1) is 13.2. The van der Waals surface area contributed by atoms with Gasteiger partial charge in [0.25, 0.3) is 5.69 Å². The molecule has 1 rings (SSSR count). The van der Waals surface area contributed by atoms with E-state index in [9.17, 15) is 10.1 Å². The van der Waals surface area contributed by atoms with E-state index in [4.69, 9.17) is 15.2 Å². The quantitative estimate of drug-likeness (QED) is 0.602. The average molecular weight is 240 g/mol. The van der Waals surface area contributed by atoms with Crippen molar-refractivity contribution in [2.75, 3.05) is 20.3 Å². The number of methoxy groups -OCH3 is 1. The number of rotatable bonds is 6. The summed E-state index contributed by atoms with van der Waals surface area (Å²) in [6, 6.07) is 4.24. The van der Waals surface area contributed by atoms with Gasteiger partial charge in [-0.15, -0.1) is 0 Å². The van der Waals surface area contributed by atoms with Crippen molar-refractivity contribution in [3.63, 3.8) is 0 Å². The van der Waals surface area contributed by atoms with E-state index in [0.29, 0.717) is 24.7 Å². The molecule has 0 spiro atoms. The summed E-state index contributed by atoms with van der Waals surface area (Å²) in [5, 5.41) is 10.6. The molecule has 6 heteroatoms. The highest BCUT2D eigenvalue weighted by atomic mass is 16.6. The molecule has 2 N–H and O–H groups in total. The lowest BCUT2D eigenvalue weighted by Crippen LogP contribution is -2.18. The van der Waals surface area contributed by atoms with Crippen molar-refractivity contribution in [1.82, 2.24) is 0 Å². The van der Waals surface area contributed by atoms with E-state index in [1.807, 2.05) is 6.92 Å². The molecule has 17 heavy (non-hydrogen) atoms. The van der Waals surface area contributed by atoms with Gasteiger partial charge in [0.2, 0.25) is 0 Å². The first-order valence-corrected chi connectivity index (χ1v) is 5.23. The standard InChI is InChI=1S/C11H16N2O4/c1-8(6-12)7-17-10-4-3-9(13(14)15)5-11(10)16-2/h3-5,8H,6-7,12H2,1-2H3. The lowest BCUT2D eigenvalue weighted by atomic mass is 10.2. The third-order valence-electron chi connectivity index (χ3n) is 2.28. The van der Waals surface area contributed by atoms with E-state index < -0.39 is 4.92 Å². The molecule has 6 nitrogen and oxygen atoms in total. The maximum absolute atomic E-state index is 10.6. The summed E-state index contributed by atoms with van der Waals surface area (Å²) in [6.45, 7) is 2.93. The Bertz CT molecular complexity index is 395. The minimum absolute atomic E-state index is 0.0268. The first-order valence-electron chi connectivity index (χ1n) is 5.23. The fourth-order valence-corrected chi connectivity index (χ4v) is 1.19. The van der Waals surface area contributed by atoms with Crippen LogP contribution in [0.3, 0.4) is 0 Å². The number of nitro benzene ring substituents is 1. The van der Waals surface area contributed by atoms with Crippen LogP contribution in [-0.4, -0.2) is 25.2 Å². The summed E-state index contributed by atoms with van der Waals surface area (Å²) < 4.78 is 10.5. The molecule has 0 aromatic heterocycles. The van der Waals surface area contributed by atoms with E-state index in [0.717, 1.165) is 0 Å². The molecule has 0 heterocycles. The lowest BCUT2D eigenvalue weighted by Gasteiger charge is -2.13. The number of non-ortho nitro benzene ring substituents is 1. The molecule has 94 valence electrons. The van der Waals surface area contributed by atoms with Gasteiger partial charge >= 0.3 is 0 Å². The molecule has 1 aromatic carbocycles. The van der Waals surface area contributed by atoms with Crippen molar-refractivity contribution in [3.8, 4) is 11.5 Å². The summed E-state index contributed by atoms with van der Waals surface area (Å²) in [4.78, 5) is 10.1. The van der Waals surface area contributed by atoms with Crippen LogP contribution in [0.4, 0.5) is 5.69 Å². The fourth-order valence-electron chi connectivity index (χ4n) is 1.19. The Morgan fingerprint density at radius 2 is 2.18 bits per heavy atom. The van der Waals surface area contributed by atoms with E-state index in [-0.39, 0.29) is 11.6 Å². The Labute approximate surface area is 99.5 Å². The number of nitro groups is 1. The smallest absolute Gasteiger partial charge is 0.273 e. The number of hydrogen-bond acceptors (Lipinski definition) is 5. The van der Waals surface area contributed by atoms with Crippen LogP contribution in [0.25, 0.3) is 0 Å². The fraction of sp³-hybridized carbons (Fsp3) is 0.455. The van der Waals surface area contributed by atoms with Gasteiger partial charge in [-0.1, -0.05) is 6.92 Å². The summed E-state index contributed by atoms with van der Waals surface area (Å²) >= 11 is 0. The van der Waals surface area contributed by atoms with Crippen LogP contribution in [0.5, 0.6) is 11.5 Å². The summed E-state index contributed by atoms with van der Waals surface area (Å²) in [6.07, 6.45) is 0. The van der Waals surface area contributed by atoms with E-state index in [1.54, 1.807) is 0 Å². The Morgan fingerprint density at radius 1 is 1.47 bits per heavy atom. The molecule has 0 radical (unpaired) electrons. The summed E-state index contributed by atoms with van der Waals surface area (Å²) in [7, 11) is 1.44. The zero-order chi connectivity index (χ0) is 12.8. The summed E-state index contributed by atoms with van der Waals surface area (Å²) in [5.74, 6) is 1.05. The van der Waals surface area contributed by atoms with Crippen LogP contribution >= 0.6 is 0 Å². The highest BCUT2D eigenvalue weighted by Gasteiger charge is 2.12. The zero-order valence-electron chi connectivity index (χ0n) is 9.88. The molecule has 1 aromatic rings. The molecule has 0 saturated carbocycles. The van der Waals surface area contributed by atoms with Crippen LogP contribution in [0.2, 0.25) is 0 Å². The van der Waals surface area contributed by atoms with Gasteiger partial charge in [-0.05, 0) is 12.6 Å². The van der Waals surface area contributed by atoms with Crippen molar-refractivity contribution in [1.29, 1.82) is 0 Å². The minimum Gasteiger partial charge on any atom is -0.493 e. The zero-order valence-corrected chi connectivity index (χ0v) is 9.88. The molecule has 1 unspecified atom stereocenters. The number of benzene rings is 1. The molecule has 0 fully saturated rings. The Balaban J connectivity index is 2.82. The van der Waals surface area contributed by atoms with Crippen LogP contribution in [0.15, 0.2) is 18.2 Å². The molecular weight excluding hydrogens is 224 g/mol. The highest BCUT2D eigenvalue weighted by molar-refractivity contribution is 5.48. The first-order chi connectivity index (χ1) is 8.08. The van der Waals surface area contributed by atoms with Crippen molar-refractivity contribution < 1.29 is 14.4 Å². The van der Waals surface area contributed by atoms with Crippen LogP contribution in [0, 0.1) is 16.0 Å². The average Bonchev–Trinajstić information content (AvgIpc) is 2.35. The van der Waals surface area contributed by atoms with Gasteiger partial charge in [-0.25, -0.2) is 0 Å². The normalized spacial score (nSPS) is 11.9. The lowest BCUT2D eigenvalue weighted by molar-refractivity contribution is -0.384. The maximum Gasteiger partial charge on any atom is 0.273 e. The second kappa shape index (κ2) is 6.05. The molecule has 0 aliphatic carbocycles. The SMILES string of the molecule is COc1cc([N+](=O)[O-])ccc1OCC(C)CN. The summed E-state index contributed by atoms with van der Waals surface area (Å²) in [5.41, 5.74) is 5.44. The van der Waals surface area contributed by atoms with Crippen LogP contribution < -0.4 is 15.2 Å². The molecule has 1 atom stereocenters. The maximum atomic E-state index is 10.6. The predicted octanol–water partition coefficient (Wildman–Crippen LogP) is 1.58. The van der Waals surface area contributed by atoms with Gasteiger partial charge in [0.05, 0.1) is 24.7 Å². The molecule has 0 saturated heterocycles. The Morgan fingerprint density at radius 3 is 2.71 bits per heavy atom. The van der Waals surface area contributed by atoms with E-state index in [1.165, 1.54) is 25.3 Å². The third-order valence-corrected chi connectivity index (χ3v) is 2.28. The van der Waals surface area contributed by atoms with E-state index >= 15 is 0 Å². The number of hydrogen-bond donors (Lipinski definition) is 1. The van der Waals surface area contributed by atoms with Crippen molar-refractivity contribution in [3.05, 3.63) is 28.3 Å². The van der Waals surface area contributed by atoms with Gasteiger partial charge < -0.3 is 15.2 Å². The molecule has 0 bridgehead atoms. The second-order valence-electron chi connectivity index (χ2n) is 3.74. The third kappa shape index (κ3) is 3.60. The molecule has 0 amide bonds.